The fourth-order valence-electron chi connectivity index (χ4n) is 4.70. The van der Waals surface area contributed by atoms with Crippen molar-refractivity contribution in [1.29, 1.82) is 0 Å². The van der Waals surface area contributed by atoms with Gasteiger partial charge in [-0.2, -0.15) is 0 Å². The molecule has 4 rings (SSSR count). The van der Waals surface area contributed by atoms with Gasteiger partial charge in [-0.05, 0) is 67.0 Å². The van der Waals surface area contributed by atoms with E-state index in [4.69, 9.17) is 0 Å². The Kier molecular flexibility index (Phi) is 3.35. The van der Waals surface area contributed by atoms with Crippen molar-refractivity contribution in [3.63, 3.8) is 0 Å². The number of rotatable bonds is 5. The van der Waals surface area contributed by atoms with Gasteiger partial charge in [-0.15, -0.1) is 11.8 Å². The molecule has 0 amide bonds. The average molecular weight is 287 g/mol. The third-order valence-corrected chi connectivity index (χ3v) is 6.94. The summed E-state index contributed by atoms with van der Waals surface area (Å²) in [6, 6.07) is 9.09. The zero-order valence-corrected chi connectivity index (χ0v) is 13.2. The smallest absolute Gasteiger partial charge is 0.0107 e. The summed E-state index contributed by atoms with van der Waals surface area (Å²) in [6.45, 7) is 4.61. The summed E-state index contributed by atoms with van der Waals surface area (Å²) in [5.41, 5.74) is 2.24. The van der Waals surface area contributed by atoms with Crippen LogP contribution in [0.5, 0.6) is 0 Å². The third-order valence-electron chi connectivity index (χ3n) is 5.69. The minimum atomic E-state index is 0.603. The first kappa shape index (κ1) is 13.2. The molecule has 0 radical (unpaired) electrons. The molecule has 2 aliphatic carbocycles. The van der Waals surface area contributed by atoms with Crippen molar-refractivity contribution in [3.05, 3.63) is 29.8 Å². The summed E-state index contributed by atoms with van der Waals surface area (Å²) >= 11 is 2.07. The molecule has 2 heteroatoms. The van der Waals surface area contributed by atoms with Gasteiger partial charge in [-0.25, -0.2) is 0 Å². The summed E-state index contributed by atoms with van der Waals surface area (Å²) in [5.74, 6) is 4.27. The lowest BCUT2D eigenvalue weighted by Gasteiger charge is -2.34. The molecule has 108 valence electrons. The first-order valence-corrected chi connectivity index (χ1v) is 9.21. The SMILES string of the molecule is CCNCC1(CC2CSc3ccccc32)CC2CC2C1. The maximum Gasteiger partial charge on any atom is 0.0107 e. The molecule has 1 N–H and O–H groups in total. The molecule has 1 aliphatic heterocycles. The van der Waals surface area contributed by atoms with Crippen LogP contribution >= 0.6 is 11.8 Å². The van der Waals surface area contributed by atoms with E-state index < -0.39 is 0 Å². The fraction of sp³-hybridized carbons (Fsp3) is 0.667. The van der Waals surface area contributed by atoms with Gasteiger partial charge in [0.05, 0.1) is 0 Å². The van der Waals surface area contributed by atoms with Crippen LogP contribution in [0.25, 0.3) is 0 Å². The highest BCUT2D eigenvalue weighted by atomic mass is 32.2. The summed E-state index contributed by atoms with van der Waals surface area (Å²) in [4.78, 5) is 1.54. The lowest BCUT2D eigenvalue weighted by atomic mass is 9.74. The van der Waals surface area contributed by atoms with Crippen molar-refractivity contribution in [2.24, 2.45) is 17.3 Å². The Labute approximate surface area is 126 Å². The van der Waals surface area contributed by atoms with E-state index >= 15 is 0 Å². The first-order chi connectivity index (χ1) is 9.80. The average Bonchev–Trinajstić information content (AvgIpc) is 2.92. The molecule has 1 aromatic rings. The van der Waals surface area contributed by atoms with Gasteiger partial charge in [0.1, 0.15) is 0 Å². The lowest BCUT2D eigenvalue weighted by molar-refractivity contribution is 0.218. The van der Waals surface area contributed by atoms with E-state index in [0.717, 1.165) is 24.3 Å². The first-order valence-electron chi connectivity index (χ1n) is 8.22. The molecular formula is C18H25NS. The van der Waals surface area contributed by atoms with Crippen LogP contribution < -0.4 is 5.32 Å². The van der Waals surface area contributed by atoms with Crippen LogP contribution in [0.4, 0.5) is 0 Å². The van der Waals surface area contributed by atoms with E-state index in [-0.39, 0.29) is 0 Å². The topological polar surface area (TPSA) is 12.0 Å². The van der Waals surface area contributed by atoms with Gasteiger partial charge in [-0.3, -0.25) is 0 Å². The second-order valence-corrected chi connectivity index (χ2v) is 8.26. The Balaban J connectivity index is 1.51. The molecule has 2 fully saturated rings. The normalized spacial score (nSPS) is 37.8. The van der Waals surface area contributed by atoms with Gasteiger partial charge in [-0.1, -0.05) is 25.1 Å². The van der Waals surface area contributed by atoms with Crippen LogP contribution in [-0.2, 0) is 0 Å². The van der Waals surface area contributed by atoms with Crippen LogP contribution in [0.1, 0.15) is 44.1 Å². The van der Waals surface area contributed by atoms with Crippen LogP contribution in [0.3, 0.4) is 0 Å². The number of hydrogen-bond donors (Lipinski definition) is 1. The van der Waals surface area contributed by atoms with E-state index in [0.29, 0.717) is 5.41 Å². The molecule has 0 bridgehead atoms. The highest BCUT2D eigenvalue weighted by Gasteiger charge is 2.54. The fourth-order valence-corrected chi connectivity index (χ4v) is 5.95. The van der Waals surface area contributed by atoms with Crippen molar-refractivity contribution in [2.45, 2.75) is 43.4 Å². The minimum absolute atomic E-state index is 0.603. The van der Waals surface area contributed by atoms with Crippen LogP contribution in [0, 0.1) is 17.3 Å². The molecule has 20 heavy (non-hydrogen) atoms. The molecule has 0 spiro atoms. The van der Waals surface area contributed by atoms with Crippen molar-refractivity contribution < 1.29 is 0 Å². The molecule has 1 nitrogen and oxygen atoms in total. The third kappa shape index (κ3) is 2.31. The largest absolute Gasteiger partial charge is 0.316 e. The van der Waals surface area contributed by atoms with Gasteiger partial charge in [0.15, 0.2) is 0 Å². The molecule has 2 saturated carbocycles. The number of fused-ring (bicyclic) bond motifs is 2. The Bertz CT molecular complexity index is 488. The molecular weight excluding hydrogens is 262 g/mol. The molecule has 3 unspecified atom stereocenters. The van der Waals surface area contributed by atoms with Crippen molar-refractivity contribution in [3.8, 4) is 0 Å². The van der Waals surface area contributed by atoms with E-state index in [1.54, 1.807) is 10.5 Å². The Morgan fingerprint density at radius 3 is 2.85 bits per heavy atom. The van der Waals surface area contributed by atoms with Gasteiger partial charge >= 0.3 is 0 Å². The maximum atomic E-state index is 3.66. The maximum absolute atomic E-state index is 3.66. The van der Waals surface area contributed by atoms with Crippen molar-refractivity contribution in [1.82, 2.24) is 5.32 Å². The minimum Gasteiger partial charge on any atom is -0.316 e. The van der Waals surface area contributed by atoms with Gasteiger partial charge < -0.3 is 5.32 Å². The van der Waals surface area contributed by atoms with Crippen LogP contribution in [0.15, 0.2) is 29.2 Å². The van der Waals surface area contributed by atoms with E-state index in [2.05, 4.69) is 48.3 Å². The van der Waals surface area contributed by atoms with Gasteiger partial charge in [0, 0.05) is 17.2 Å². The predicted molar refractivity (Wildman–Crippen MR) is 86.3 cm³/mol. The van der Waals surface area contributed by atoms with E-state index in [9.17, 15) is 0 Å². The highest BCUT2D eigenvalue weighted by Crippen LogP contribution is 2.62. The van der Waals surface area contributed by atoms with Crippen molar-refractivity contribution >= 4 is 11.8 Å². The molecule has 0 saturated heterocycles. The molecule has 0 aromatic heterocycles. The van der Waals surface area contributed by atoms with Gasteiger partial charge in [0.25, 0.3) is 0 Å². The summed E-state index contributed by atoms with van der Waals surface area (Å²) in [7, 11) is 0. The number of thioether (sulfide) groups is 1. The number of nitrogens with one attached hydrogen (secondary N) is 1. The predicted octanol–water partition coefficient (Wildman–Crippen LogP) is 4.29. The Morgan fingerprint density at radius 2 is 2.05 bits per heavy atom. The molecule has 1 aromatic carbocycles. The lowest BCUT2D eigenvalue weighted by Crippen LogP contribution is -2.34. The Morgan fingerprint density at radius 1 is 1.25 bits per heavy atom. The van der Waals surface area contributed by atoms with Crippen LogP contribution in [0.2, 0.25) is 0 Å². The number of hydrogen-bond acceptors (Lipinski definition) is 2. The zero-order chi connectivity index (χ0) is 13.6. The monoisotopic (exact) mass is 287 g/mol. The molecule has 3 atom stereocenters. The summed E-state index contributed by atoms with van der Waals surface area (Å²) < 4.78 is 0. The second-order valence-electron chi connectivity index (χ2n) is 7.19. The summed E-state index contributed by atoms with van der Waals surface area (Å²) in [5, 5.41) is 3.66. The molecule has 1 heterocycles. The van der Waals surface area contributed by atoms with E-state index in [1.165, 1.54) is 38.0 Å². The Hall–Kier alpha value is -0.470. The summed E-state index contributed by atoms with van der Waals surface area (Å²) in [6.07, 6.45) is 5.93. The highest BCUT2D eigenvalue weighted by molar-refractivity contribution is 7.99. The van der Waals surface area contributed by atoms with Crippen molar-refractivity contribution in [2.75, 3.05) is 18.8 Å². The second kappa shape index (κ2) is 5.06. The molecule has 3 aliphatic rings. The van der Waals surface area contributed by atoms with E-state index in [1.807, 2.05) is 0 Å². The van der Waals surface area contributed by atoms with Crippen LogP contribution in [-0.4, -0.2) is 18.8 Å². The van der Waals surface area contributed by atoms with Gasteiger partial charge in [0.2, 0.25) is 0 Å². The number of benzene rings is 1. The standard InChI is InChI=1S/C18H25NS/c1-2-19-12-18(8-13-7-14(13)9-18)10-15-11-20-17-6-4-3-5-16(15)17/h3-6,13-15,19H,2,7-12H2,1H3. The quantitative estimate of drug-likeness (QED) is 0.867. The zero-order valence-electron chi connectivity index (χ0n) is 12.4.